The van der Waals surface area contributed by atoms with Gasteiger partial charge < -0.3 is 0 Å². The summed E-state index contributed by atoms with van der Waals surface area (Å²) < 4.78 is 0.831. The molecule has 2 aromatic heterocycles. The Bertz CT molecular complexity index is 775. The van der Waals surface area contributed by atoms with Crippen molar-refractivity contribution >= 4 is 43.6 Å². The summed E-state index contributed by atoms with van der Waals surface area (Å²) in [7, 11) is 0. The molecule has 0 radical (unpaired) electrons. The Morgan fingerprint density at radius 2 is 1.85 bits per heavy atom. The first-order chi connectivity index (χ1) is 9.58. The molecule has 9 heteroatoms. The lowest BCUT2D eigenvalue weighted by atomic mass is 10.3. The van der Waals surface area contributed by atoms with Crippen LogP contribution in [-0.2, 0) is 0 Å². The van der Waals surface area contributed by atoms with Gasteiger partial charge in [-0.3, -0.25) is 20.2 Å². The molecular formula is C11H5N3O4S2. The summed E-state index contributed by atoms with van der Waals surface area (Å²) in [5.74, 6) is 0. The van der Waals surface area contributed by atoms with E-state index in [1.165, 1.54) is 16.7 Å². The molecule has 0 saturated heterocycles. The van der Waals surface area contributed by atoms with Gasteiger partial charge in [-0.05, 0) is 12.1 Å². The Balaban J connectivity index is 2.29. The van der Waals surface area contributed by atoms with Gasteiger partial charge in [0, 0.05) is 0 Å². The summed E-state index contributed by atoms with van der Waals surface area (Å²) in [5.41, 5.74) is 0.384. The number of nitrogens with zero attached hydrogens (tertiary/aromatic N) is 3. The lowest BCUT2D eigenvalue weighted by Crippen LogP contribution is -1.91. The third-order valence-corrected chi connectivity index (χ3v) is 4.59. The maximum absolute atomic E-state index is 11.0. The van der Waals surface area contributed by atoms with Crippen molar-refractivity contribution in [1.82, 2.24) is 4.98 Å². The average Bonchev–Trinajstić information content (AvgIpc) is 3.01. The van der Waals surface area contributed by atoms with Gasteiger partial charge in [-0.15, -0.1) is 11.3 Å². The first-order valence-corrected chi connectivity index (χ1v) is 7.03. The fourth-order valence-corrected chi connectivity index (χ4v) is 3.71. The average molecular weight is 307 g/mol. The van der Waals surface area contributed by atoms with Gasteiger partial charge in [0.2, 0.25) is 0 Å². The van der Waals surface area contributed by atoms with Crippen molar-refractivity contribution in [2.75, 3.05) is 0 Å². The van der Waals surface area contributed by atoms with Crippen molar-refractivity contribution in [3.8, 4) is 10.6 Å². The van der Waals surface area contributed by atoms with Crippen molar-refractivity contribution < 1.29 is 9.85 Å². The minimum absolute atomic E-state index is 0.00815. The maximum atomic E-state index is 11.0. The number of benzene rings is 1. The molecule has 0 saturated carbocycles. The predicted molar refractivity (Wildman–Crippen MR) is 76.2 cm³/mol. The van der Waals surface area contributed by atoms with Crippen LogP contribution in [0.25, 0.3) is 20.8 Å². The summed E-state index contributed by atoms with van der Waals surface area (Å²) in [6.07, 6.45) is 0. The molecule has 0 atom stereocenters. The van der Waals surface area contributed by atoms with Crippen molar-refractivity contribution in [3.05, 3.63) is 49.9 Å². The molecule has 0 amide bonds. The molecule has 0 unspecified atom stereocenters. The molecule has 0 aliphatic carbocycles. The molecule has 0 fully saturated rings. The minimum Gasteiger partial charge on any atom is -0.258 e. The molecule has 3 rings (SSSR count). The van der Waals surface area contributed by atoms with Gasteiger partial charge in [-0.1, -0.05) is 23.5 Å². The second-order valence-corrected chi connectivity index (χ2v) is 5.69. The third kappa shape index (κ3) is 1.92. The standard InChI is InChI=1S/C11H5N3O4S2/c15-13(16)7-5-19-11(14(17)18)9(7)10-12-6-3-1-2-4-8(6)20-10/h1-5H. The highest BCUT2D eigenvalue weighted by molar-refractivity contribution is 7.22. The van der Waals surface area contributed by atoms with Crippen LogP contribution in [-0.4, -0.2) is 14.8 Å². The molecular weight excluding hydrogens is 302 g/mol. The molecule has 0 aliphatic heterocycles. The largest absolute Gasteiger partial charge is 0.341 e. The van der Waals surface area contributed by atoms with E-state index in [0.29, 0.717) is 10.5 Å². The van der Waals surface area contributed by atoms with Gasteiger partial charge in [-0.2, -0.15) is 0 Å². The predicted octanol–water partition coefficient (Wildman–Crippen LogP) is 3.84. The first-order valence-electron chi connectivity index (χ1n) is 5.34. The van der Waals surface area contributed by atoms with Crippen LogP contribution in [0.3, 0.4) is 0 Å². The van der Waals surface area contributed by atoms with Crippen LogP contribution >= 0.6 is 22.7 Å². The van der Waals surface area contributed by atoms with Crippen LogP contribution in [0.15, 0.2) is 29.6 Å². The van der Waals surface area contributed by atoms with Crippen LogP contribution in [0.4, 0.5) is 10.7 Å². The number of fused-ring (bicyclic) bond motifs is 1. The van der Waals surface area contributed by atoms with Gasteiger partial charge in [-0.25, -0.2) is 4.98 Å². The summed E-state index contributed by atoms with van der Waals surface area (Å²) >= 11 is 1.95. The quantitative estimate of drug-likeness (QED) is 0.540. The highest BCUT2D eigenvalue weighted by atomic mass is 32.1. The van der Waals surface area contributed by atoms with E-state index in [1.807, 2.05) is 12.1 Å². The summed E-state index contributed by atoms with van der Waals surface area (Å²) in [6.45, 7) is 0. The first kappa shape index (κ1) is 12.6. The second kappa shape index (κ2) is 4.62. The molecule has 0 bridgehead atoms. The lowest BCUT2D eigenvalue weighted by Gasteiger charge is -1.92. The molecule has 2 heterocycles. The smallest absolute Gasteiger partial charge is 0.258 e. The fourth-order valence-electron chi connectivity index (χ4n) is 1.79. The molecule has 3 aromatic rings. The van der Waals surface area contributed by atoms with Crippen molar-refractivity contribution in [2.45, 2.75) is 0 Å². The second-order valence-electron chi connectivity index (χ2n) is 3.80. The number of para-hydroxylation sites is 1. The topological polar surface area (TPSA) is 99.2 Å². The monoisotopic (exact) mass is 307 g/mol. The van der Waals surface area contributed by atoms with Crippen LogP contribution < -0.4 is 0 Å². The Morgan fingerprint density at radius 3 is 2.50 bits per heavy atom. The van der Waals surface area contributed by atoms with Gasteiger partial charge in [0.05, 0.1) is 25.4 Å². The highest BCUT2D eigenvalue weighted by Gasteiger charge is 2.31. The molecule has 1 aromatic carbocycles. The summed E-state index contributed by atoms with van der Waals surface area (Å²) in [4.78, 5) is 25.1. The molecule has 0 N–H and O–H groups in total. The number of hydrogen-bond acceptors (Lipinski definition) is 7. The summed E-state index contributed by atoms with van der Waals surface area (Å²) in [5, 5.41) is 23.3. The summed E-state index contributed by atoms with van der Waals surface area (Å²) in [6, 6.07) is 7.20. The molecule has 7 nitrogen and oxygen atoms in total. The minimum atomic E-state index is -0.620. The number of thiazole rings is 1. The van der Waals surface area contributed by atoms with Crippen molar-refractivity contribution in [2.24, 2.45) is 0 Å². The van der Waals surface area contributed by atoms with Gasteiger partial charge in [0.1, 0.15) is 5.01 Å². The van der Waals surface area contributed by atoms with E-state index in [4.69, 9.17) is 0 Å². The van der Waals surface area contributed by atoms with Gasteiger partial charge >= 0.3 is 5.00 Å². The number of nitro groups is 2. The normalized spacial score (nSPS) is 10.8. The van der Waals surface area contributed by atoms with Crippen molar-refractivity contribution in [3.63, 3.8) is 0 Å². The number of hydrogen-bond donors (Lipinski definition) is 0. The van der Waals surface area contributed by atoms with Gasteiger partial charge in [0.15, 0.2) is 5.56 Å². The Hall–Kier alpha value is -2.39. The lowest BCUT2D eigenvalue weighted by molar-refractivity contribution is -0.388. The number of aromatic nitrogens is 1. The van der Waals surface area contributed by atoms with E-state index in [9.17, 15) is 20.2 Å². The fraction of sp³-hybridized carbons (Fsp3) is 0. The number of thiophene rings is 1. The van der Waals surface area contributed by atoms with E-state index in [2.05, 4.69) is 4.98 Å². The Labute approximate surface area is 119 Å². The SMILES string of the molecule is O=[N+]([O-])c1csc([N+](=O)[O-])c1-c1nc2ccccc2s1. The molecule has 0 spiro atoms. The van der Waals surface area contributed by atoms with E-state index in [0.717, 1.165) is 16.0 Å². The van der Waals surface area contributed by atoms with Crippen LogP contribution in [0, 0.1) is 20.2 Å². The zero-order chi connectivity index (χ0) is 14.3. The van der Waals surface area contributed by atoms with E-state index in [-0.39, 0.29) is 16.3 Å². The zero-order valence-corrected chi connectivity index (χ0v) is 11.3. The van der Waals surface area contributed by atoms with Gasteiger partial charge in [0.25, 0.3) is 5.69 Å². The van der Waals surface area contributed by atoms with E-state index in [1.54, 1.807) is 12.1 Å². The van der Waals surface area contributed by atoms with Crippen LogP contribution in [0.1, 0.15) is 0 Å². The van der Waals surface area contributed by atoms with Crippen LogP contribution in [0.5, 0.6) is 0 Å². The highest BCUT2D eigenvalue weighted by Crippen LogP contribution is 2.45. The third-order valence-electron chi connectivity index (χ3n) is 2.62. The molecule has 0 aliphatic rings. The maximum Gasteiger partial charge on any atom is 0.341 e. The van der Waals surface area contributed by atoms with E-state index >= 15 is 0 Å². The van der Waals surface area contributed by atoms with Crippen LogP contribution in [0.2, 0.25) is 0 Å². The van der Waals surface area contributed by atoms with E-state index < -0.39 is 9.85 Å². The molecule has 20 heavy (non-hydrogen) atoms. The Kier molecular flexibility index (Phi) is 2.92. The zero-order valence-electron chi connectivity index (χ0n) is 9.68. The molecule has 100 valence electrons. The Morgan fingerprint density at radius 1 is 1.10 bits per heavy atom. The van der Waals surface area contributed by atoms with Crippen molar-refractivity contribution in [1.29, 1.82) is 0 Å². The number of rotatable bonds is 3.